The maximum absolute atomic E-state index is 5.44. The van der Waals surface area contributed by atoms with Crippen molar-refractivity contribution in [1.82, 2.24) is 10.6 Å². The first-order chi connectivity index (χ1) is 7.74. The molecule has 16 heavy (non-hydrogen) atoms. The molecule has 0 aliphatic carbocycles. The van der Waals surface area contributed by atoms with E-state index in [1.54, 1.807) is 0 Å². The van der Waals surface area contributed by atoms with Crippen LogP contribution in [0.15, 0.2) is 4.99 Å². The fourth-order valence-corrected chi connectivity index (χ4v) is 2.39. The molecule has 92 valence electrons. The van der Waals surface area contributed by atoms with E-state index in [1.807, 2.05) is 0 Å². The lowest BCUT2D eigenvalue weighted by Gasteiger charge is -2.36. The summed E-state index contributed by atoms with van der Waals surface area (Å²) < 4.78 is 5.44. The highest BCUT2D eigenvalue weighted by Gasteiger charge is 2.31. The van der Waals surface area contributed by atoms with Crippen molar-refractivity contribution in [2.75, 3.05) is 26.3 Å². The Balaban J connectivity index is 1.82. The number of nitrogens with one attached hydrogen (secondary N) is 2. The summed E-state index contributed by atoms with van der Waals surface area (Å²) in [6.45, 7) is 8.16. The van der Waals surface area contributed by atoms with E-state index in [2.05, 4.69) is 29.5 Å². The van der Waals surface area contributed by atoms with Gasteiger partial charge in [0.15, 0.2) is 5.96 Å². The molecule has 1 saturated heterocycles. The first-order valence-corrected chi connectivity index (χ1v) is 6.37. The molecule has 0 amide bonds. The quantitative estimate of drug-likeness (QED) is 0.757. The smallest absolute Gasteiger partial charge is 0.191 e. The van der Waals surface area contributed by atoms with Crippen molar-refractivity contribution in [3.63, 3.8) is 0 Å². The Morgan fingerprint density at radius 3 is 2.81 bits per heavy atom. The van der Waals surface area contributed by atoms with E-state index >= 15 is 0 Å². The average Bonchev–Trinajstić information content (AvgIpc) is 2.74. The Morgan fingerprint density at radius 1 is 1.50 bits per heavy atom. The highest BCUT2D eigenvalue weighted by atomic mass is 16.5. The van der Waals surface area contributed by atoms with Gasteiger partial charge in [0, 0.05) is 25.8 Å². The third-order valence-corrected chi connectivity index (χ3v) is 3.84. The molecule has 2 N–H and O–H groups in total. The molecule has 2 heterocycles. The highest BCUT2D eigenvalue weighted by molar-refractivity contribution is 5.81. The van der Waals surface area contributed by atoms with Crippen LogP contribution in [-0.4, -0.2) is 38.3 Å². The summed E-state index contributed by atoms with van der Waals surface area (Å²) in [5, 5.41) is 6.80. The molecule has 1 atom stereocenters. The minimum Gasteiger partial charge on any atom is -0.381 e. The van der Waals surface area contributed by atoms with Gasteiger partial charge in [-0.2, -0.15) is 0 Å². The first kappa shape index (κ1) is 11.7. The third kappa shape index (κ3) is 2.67. The van der Waals surface area contributed by atoms with Crippen LogP contribution in [0.25, 0.3) is 0 Å². The van der Waals surface area contributed by atoms with Gasteiger partial charge >= 0.3 is 0 Å². The lowest BCUT2D eigenvalue weighted by molar-refractivity contribution is 0.0149. The fraction of sp³-hybridized carbons (Fsp3) is 0.917. The summed E-state index contributed by atoms with van der Waals surface area (Å²) >= 11 is 0. The van der Waals surface area contributed by atoms with E-state index in [9.17, 15) is 0 Å². The van der Waals surface area contributed by atoms with Gasteiger partial charge in [-0.3, -0.25) is 4.99 Å². The summed E-state index contributed by atoms with van der Waals surface area (Å²) in [6.07, 6.45) is 3.55. The molecule has 0 spiro atoms. The second kappa shape index (κ2) is 5.04. The zero-order valence-electron chi connectivity index (χ0n) is 10.4. The largest absolute Gasteiger partial charge is 0.381 e. The van der Waals surface area contributed by atoms with Crippen molar-refractivity contribution in [2.45, 2.75) is 39.2 Å². The van der Waals surface area contributed by atoms with Crippen LogP contribution in [0.1, 0.15) is 33.1 Å². The fourth-order valence-electron chi connectivity index (χ4n) is 2.39. The van der Waals surface area contributed by atoms with Crippen LogP contribution in [0.4, 0.5) is 0 Å². The van der Waals surface area contributed by atoms with E-state index in [0.717, 1.165) is 32.3 Å². The molecule has 0 aromatic heterocycles. The Morgan fingerprint density at radius 2 is 2.25 bits per heavy atom. The molecule has 0 saturated carbocycles. The molecule has 1 fully saturated rings. The van der Waals surface area contributed by atoms with Crippen molar-refractivity contribution < 1.29 is 4.74 Å². The minimum atomic E-state index is 0.411. The van der Waals surface area contributed by atoms with E-state index in [-0.39, 0.29) is 0 Å². The van der Waals surface area contributed by atoms with Gasteiger partial charge in [-0.15, -0.1) is 0 Å². The molecule has 0 aromatic rings. The summed E-state index contributed by atoms with van der Waals surface area (Å²) in [4.78, 5) is 4.43. The monoisotopic (exact) mass is 225 g/mol. The Bertz CT molecular complexity index is 259. The van der Waals surface area contributed by atoms with E-state index in [1.165, 1.54) is 19.3 Å². The minimum absolute atomic E-state index is 0.411. The van der Waals surface area contributed by atoms with Gasteiger partial charge in [0.2, 0.25) is 0 Å². The second-order valence-electron chi connectivity index (χ2n) is 5.05. The number of nitrogens with zero attached hydrogens (tertiary/aromatic N) is 1. The molecular weight excluding hydrogens is 202 g/mol. The van der Waals surface area contributed by atoms with Gasteiger partial charge in [0.05, 0.1) is 6.54 Å². The van der Waals surface area contributed by atoms with Gasteiger partial charge in [-0.25, -0.2) is 0 Å². The summed E-state index contributed by atoms with van der Waals surface area (Å²) in [6, 6.07) is 0.481. The summed E-state index contributed by atoms with van der Waals surface area (Å²) in [5.74, 6) is 0.979. The number of aliphatic imine (C=N–C) groups is 1. The van der Waals surface area contributed by atoms with Gasteiger partial charge in [-0.05, 0) is 31.6 Å². The van der Waals surface area contributed by atoms with Gasteiger partial charge in [0.25, 0.3) is 0 Å². The Labute approximate surface area is 97.9 Å². The number of guanidine groups is 1. The summed E-state index contributed by atoms with van der Waals surface area (Å²) in [5.41, 5.74) is 0.411. The normalized spacial score (nSPS) is 28.4. The maximum Gasteiger partial charge on any atom is 0.191 e. The van der Waals surface area contributed by atoms with E-state index < -0.39 is 0 Å². The van der Waals surface area contributed by atoms with Crippen LogP contribution in [0.5, 0.6) is 0 Å². The maximum atomic E-state index is 5.44. The number of hydrogen-bond acceptors (Lipinski definition) is 4. The predicted molar refractivity (Wildman–Crippen MR) is 65.7 cm³/mol. The molecule has 0 radical (unpaired) electrons. The molecular formula is C12H23N3O. The Kier molecular flexibility index (Phi) is 3.69. The SMILES string of the molecule is CCC1(CNC2=NCC(C)N2)CCOCC1. The third-order valence-electron chi connectivity index (χ3n) is 3.84. The standard InChI is InChI=1S/C12H23N3O/c1-3-12(4-6-16-7-5-12)9-14-11-13-8-10(2)15-11/h10H,3-9H2,1-2H3,(H2,13,14,15). The number of hydrogen-bond donors (Lipinski definition) is 2. The highest BCUT2D eigenvalue weighted by Crippen LogP contribution is 2.33. The lowest BCUT2D eigenvalue weighted by Crippen LogP contribution is -2.45. The van der Waals surface area contributed by atoms with Gasteiger partial charge in [0.1, 0.15) is 0 Å². The van der Waals surface area contributed by atoms with Crippen LogP contribution >= 0.6 is 0 Å². The van der Waals surface area contributed by atoms with Crippen molar-refractivity contribution in [2.24, 2.45) is 10.4 Å². The lowest BCUT2D eigenvalue weighted by atomic mass is 9.78. The molecule has 2 aliphatic heterocycles. The van der Waals surface area contributed by atoms with Crippen LogP contribution in [0.3, 0.4) is 0 Å². The van der Waals surface area contributed by atoms with Gasteiger partial charge < -0.3 is 15.4 Å². The van der Waals surface area contributed by atoms with Crippen molar-refractivity contribution in [3.05, 3.63) is 0 Å². The van der Waals surface area contributed by atoms with Crippen LogP contribution in [0.2, 0.25) is 0 Å². The predicted octanol–water partition coefficient (Wildman–Crippen LogP) is 1.13. The van der Waals surface area contributed by atoms with Gasteiger partial charge in [-0.1, -0.05) is 6.92 Å². The van der Waals surface area contributed by atoms with E-state index in [4.69, 9.17) is 4.74 Å². The molecule has 2 rings (SSSR count). The zero-order chi connectivity index (χ0) is 11.4. The topological polar surface area (TPSA) is 45.7 Å². The molecule has 4 heteroatoms. The van der Waals surface area contributed by atoms with Crippen molar-refractivity contribution in [1.29, 1.82) is 0 Å². The number of rotatable bonds is 3. The van der Waals surface area contributed by atoms with Crippen molar-refractivity contribution in [3.8, 4) is 0 Å². The zero-order valence-corrected chi connectivity index (χ0v) is 10.4. The van der Waals surface area contributed by atoms with Crippen LogP contribution < -0.4 is 10.6 Å². The average molecular weight is 225 g/mol. The van der Waals surface area contributed by atoms with E-state index in [0.29, 0.717) is 11.5 Å². The number of ether oxygens (including phenoxy) is 1. The molecule has 0 aromatic carbocycles. The van der Waals surface area contributed by atoms with Crippen LogP contribution in [-0.2, 0) is 4.74 Å². The molecule has 4 nitrogen and oxygen atoms in total. The molecule has 2 aliphatic rings. The molecule has 0 bridgehead atoms. The summed E-state index contributed by atoms with van der Waals surface area (Å²) in [7, 11) is 0. The first-order valence-electron chi connectivity index (χ1n) is 6.37. The second-order valence-corrected chi connectivity index (χ2v) is 5.05. The Hall–Kier alpha value is -0.770. The van der Waals surface area contributed by atoms with Crippen molar-refractivity contribution >= 4 is 5.96 Å². The van der Waals surface area contributed by atoms with Crippen LogP contribution in [0, 0.1) is 5.41 Å². The molecule has 1 unspecified atom stereocenters.